The molecule has 2 atom stereocenters. The lowest BCUT2D eigenvalue weighted by Gasteiger charge is -2.31. The van der Waals surface area contributed by atoms with Crippen molar-refractivity contribution in [1.82, 2.24) is 10.2 Å². The quantitative estimate of drug-likeness (QED) is 0.635. The monoisotopic (exact) mass is 216 g/mol. The third kappa shape index (κ3) is 6.13. The van der Waals surface area contributed by atoms with Gasteiger partial charge in [-0.15, -0.1) is 0 Å². The molecule has 0 rings (SSSR count). The number of nitrogens with zero attached hydrogens (tertiary/aromatic N) is 1. The Bertz CT molecular complexity index is 138. The normalized spacial score (nSPS) is 15.6. The van der Waals surface area contributed by atoms with Crippen molar-refractivity contribution in [2.75, 3.05) is 33.9 Å². The van der Waals surface area contributed by atoms with Crippen LogP contribution >= 0.6 is 0 Å². The number of hydrogen-bond acceptors (Lipinski definition) is 3. The fourth-order valence-corrected chi connectivity index (χ4v) is 1.67. The Kier molecular flexibility index (Phi) is 9.06. The summed E-state index contributed by atoms with van der Waals surface area (Å²) < 4.78 is 5.15. The van der Waals surface area contributed by atoms with Crippen LogP contribution in [0.4, 0.5) is 0 Å². The maximum Gasteiger partial charge on any atom is 0.0589 e. The lowest BCUT2D eigenvalue weighted by atomic mass is 10.1. The van der Waals surface area contributed by atoms with Crippen molar-refractivity contribution in [1.29, 1.82) is 0 Å². The molecule has 15 heavy (non-hydrogen) atoms. The van der Waals surface area contributed by atoms with Crippen LogP contribution in [0.25, 0.3) is 0 Å². The fraction of sp³-hybridized carbons (Fsp3) is 1.00. The van der Waals surface area contributed by atoms with Gasteiger partial charge in [0.2, 0.25) is 0 Å². The van der Waals surface area contributed by atoms with E-state index in [-0.39, 0.29) is 0 Å². The van der Waals surface area contributed by atoms with E-state index in [4.69, 9.17) is 4.74 Å². The molecule has 92 valence electrons. The summed E-state index contributed by atoms with van der Waals surface area (Å²) in [7, 11) is 3.81. The fourth-order valence-electron chi connectivity index (χ4n) is 1.67. The van der Waals surface area contributed by atoms with Gasteiger partial charge in [-0.3, -0.25) is 4.90 Å². The average molecular weight is 216 g/mol. The first-order valence-corrected chi connectivity index (χ1v) is 6.09. The third-order valence-electron chi connectivity index (χ3n) is 3.15. The van der Waals surface area contributed by atoms with Crippen molar-refractivity contribution in [3.63, 3.8) is 0 Å². The molecule has 0 amide bonds. The van der Waals surface area contributed by atoms with Crippen LogP contribution in [0, 0.1) is 0 Å². The summed E-state index contributed by atoms with van der Waals surface area (Å²) >= 11 is 0. The zero-order valence-corrected chi connectivity index (χ0v) is 11.0. The Morgan fingerprint density at radius 2 is 1.93 bits per heavy atom. The van der Waals surface area contributed by atoms with Crippen LogP contribution in [0.5, 0.6) is 0 Å². The molecule has 0 aromatic heterocycles. The molecule has 3 nitrogen and oxygen atoms in total. The minimum Gasteiger partial charge on any atom is -0.383 e. The molecule has 0 heterocycles. The minimum atomic E-state index is 0.593. The van der Waals surface area contributed by atoms with E-state index in [2.05, 4.69) is 31.0 Å². The zero-order valence-electron chi connectivity index (χ0n) is 11.0. The predicted octanol–water partition coefficient (Wildman–Crippen LogP) is 1.73. The van der Waals surface area contributed by atoms with Gasteiger partial charge in [0.1, 0.15) is 0 Å². The van der Waals surface area contributed by atoms with E-state index in [0.717, 1.165) is 19.7 Å². The van der Waals surface area contributed by atoms with Crippen LogP contribution in [0.1, 0.15) is 33.6 Å². The molecule has 0 aliphatic rings. The van der Waals surface area contributed by atoms with Gasteiger partial charge in [0.05, 0.1) is 6.61 Å². The van der Waals surface area contributed by atoms with Crippen LogP contribution in [-0.4, -0.2) is 50.8 Å². The summed E-state index contributed by atoms with van der Waals surface area (Å²) in [6.07, 6.45) is 2.38. The van der Waals surface area contributed by atoms with Crippen molar-refractivity contribution in [2.24, 2.45) is 0 Å². The Morgan fingerprint density at radius 1 is 1.27 bits per heavy atom. The van der Waals surface area contributed by atoms with Crippen LogP contribution in [0.3, 0.4) is 0 Å². The van der Waals surface area contributed by atoms with E-state index in [1.54, 1.807) is 7.11 Å². The molecular weight excluding hydrogens is 188 g/mol. The highest BCUT2D eigenvalue weighted by Gasteiger charge is 2.15. The van der Waals surface area contributed by atoms with E-state index >= 15 is 0 Å². The van der Waals surface area contributed by atoms with E-state index in [9.17, 15) is 0 Å². The Morgan fingerprint density at radius 3 is 2.33 bits per heavy atom. The number of hydrogen-bond donors (Lipinski definition) is 1. The summed E-state index contributed by atoms with van der Waals surface area (Å²) in [4.78, 5) is 2.51. The Hall–Kier alpha value is -0.120. The van der Waals surface area contributed by atoms with Crippen LogP contribution in [0.15, 0.2) is 0 Å². The molecule has 0 saturated carbocycles. The van der Waals surface area contributed by atoms with Crippen LogP contribution in [-0.2, 0) is 4.74 Å². The summed E-state index contributed by atoms with van der Waals surface area (Å²) in [5.74, 6) is 0. The van der Waals surface area contributed by atoms with E-state index < -0.39 is 0 Å². The Labute approximate surface area is 95.2 Å². The standard InChI is InChI=1S/C12H28N2O/c1-6-11(3)14(8-9-15-5)10-12(7-2)13-4/h11-13H,6-10H2,1-5H3. The van der Waals surface area contributed by atoms with Crippen LogP contribution < -0.4 is 5.32 Å². The second-order valence-electron chi connectivity index (χ2n) is 4.14. The molecule has 0 spiro atoms. The maximum absolute atomic E-state index is 5.15. The van der Waals surface area contributed by atoms with Gasteiger partial charge in [0, 0.05) is 32.3 Å². The minimum absolute atomic E-state index is 0.593. The molecule has 0 aromatic carbocycles. The van der Waals surface area contributed by atoms with Gasteiger partial charge in [0.25, 0.3) is 0 Å². The number of likely N-dealkylation sites (N-methyl/N-ethyl adjacent to an activating group) is 1. The molecule has 0 aromatic rings. The summed E-state index contributed by atoms with van der Waals surface area (Å²) in [5, 5.41) is 3.36. The predicted molar refractivity (Wildman–Crippen MR) is 66.3 cm³/mol. The second kappa shape index (κ2) is 9.13. The number of ether oxygens (including phenoxy) is 1. The highest BCUT2D eigenvalue weighted by Crippen LogP contribution is 2.05. The molecule has 0 aliphatic heterocycles. The highest BCUT2D eigenvalue weighted by molar-refractivity contribution is 4.73. The summed E-state index contributed by atoms with van der Waals surface area (Å²) in [6, 6.07) is 1.23. The van der Waals surface area contributed by atoms with E-state index in [1.165, 1.54) is 12.8 Å². The molecule has 0 aliphatic carbocycles. The third-order valence-corrected chi connectivity index (χ3v) is 3.15. The van der Waals surface area contributed by atoms with Gasteiger partial charge >= 0.3 is 0 Å². The maximum atomic E-state index is 5.15. The average Bonchev–Trinajstić information content (AvgIpc) is 2.28. The van der Waals surface area contributed by atoms with Crippen molar-refractivity contribution in [3.8, 4) is 0 Å². The highest BCUT2D eigenvalue weighted by atomic mass is 16.5. The molecule has 2 unspecified atom stereocenters. The van der Waals surface area contributed by atoms with Gasteiger partial charge in [-0.2, -0.15) is 0 Å². The van der Waals surface area contributed by atoms with Crippen molar-refractivity contribution in [3.05, 3.63) is 0 Å². The Balaban J connectivity index is 4.09. The topological polar surface area (TPSA) is 24.5 Å². The molecule has 0 fully saturated rings. The number of methoxy groups -OCH3 is 1. The SMILES string of the molecule is CCC(CN(CCOC)C(C)CC)NC. The van der Waals surface area contributed by atoms with Gasteiger partial charge in [-0.25, -0.2) is 0 Å². The first kappa shape index (κ1) is 14.9. The molecule has 0 saturated heterocycles. The molecular formula is C12H28N2O. The largest absolute Gasteiger partial charge is 0.383 e. The molecule has 0 bridgehead atoms. The lowest BCUT2D eigenvalue weighted by molar-refractivity contribution is 0.114. The van der Waals surface area contributed by atoms with Crippen LogP contribution in [0.2, 0.25) is 0 Å². The number of rotatable bonds is 9. The first-order valence-electron chi connectivity index (χ1n) is 6.09. The smallest absolute Gasteiger partial charge is 0.0589 e. The van der Waals surface area contributed by atoms with Gasteiger partial charge in [-0.05, 0) is 26.8 Å². The van der Waals surface area contributed by atoms with Gasteiger partial charge < -0.3 is 10.1 Å². The lowest BCUT2D eigenvalue weighted by Crippen LogP contribution is -2.44. The molecule has 3 heteroatoms. The van der Waals surface area contributed by atoms with Crippen molar-refractivity contribution >= 4 is 0 Å². The molecule has 0 radical (unpaired) electrons. The summed E-state index contributed by atoms with van der Waals surface area (Å²) in [5.41, 5.74) is 0. The van der Waals surface area contributed by atoms with Crippen molar-refractivity contribution in [2.45, 2.75) is 45.7 Å². The van der Waals surface area contributed by atoms with E-state index in [1.807, 2.05) is 7.05 Å². The van der Waals surface area contributed by atoms with Gasteiger partial charge in [0.15, 0.2) is 0 Å². The van der Waals surface area contributed by atoms with E-state index in [0.29, 0.717) is 12.1 Å². The first-order chi connectivity index (χ1) is 7.19. The zero-order chi connectivity index (χ0) is 11.7. The second-order valence-corrected chi connectivity index (χ2v) is 4.14. The molecule has 1 N–H and O–H groups in total. The number of nitrogens with one attached hydrogen (secondary N) is 1. The van der Waals surface area contributed by atoms with Crippen molar-refractivity contribution < 1.29 is 4.74 Å². The summed E-state index contributed by atoms with van der Waals surface area (Å²) in [6.45, 7) is 9.73. The van der Waals surface area contributed by atoms with Gasteiger partial charge in [-0.1, -0.05) is 13.8 Å².